The summed E-state index contributed by atoms with van der Waals surface area (Å²) < 4.78 is 1.69. The maximum atomic E-state index is 12.5. The molecular weight excluding hydrogens is 334 g/mol. The Morgan fingerprint density at radius 3 is 2.64 bits per heavy atom. The minimum atomic E-state index is 0.0764. The fourth-order valence-corrected chi connectivity index (χ4v) is 4.01. The van der Waals surface area contributed by atoms with Crippen LogP contribution in [0.3, 0.4) is 0 Å². The van der Waals surface area contributed by atoms with Crippen LogP contribution in [0, 0.1) is 12.8 Å². The number of hydrogen-bond donors (Lipinski definition) is 0. The molecule has 1 saturated heterocycles. The smallest absolute Gasteiger partial charge is 0.233 e. The Balaban J connectivity index is 1.51. The van der Waals surface area contributed by atoms with Crippen LogP contribution in [0.4, 0.5) is 5.69 Å². The van der Waals surface area contributed by atoms with Crippen molar-refractivity contribution < 1.29 is 4.79 Å². The van der Waals surface area contributed by atoms with Gasteiger partial charge >= 0.3 is 0 Å². The van der Waals surface area contributed by atoms with Gasteiger partial charge in [-0.15, -0.1) is 10.2 Å². The summed E-state index contributed by atoms with van der Waals surface area (Å²) in [5, 5.41) is 10.3. The van der Waals surface area contributed by atoms with Crippen molar-refractivity contribution in [3.05, 3.63) is 48.0 Å². The minimum Gasteiger partial charge on any atom is -0.370 e. The highest BCUT2D eigenvalue weighted by molar-refractivity contribution is 7.14. The number of hydrogen-bond acceptors (Lipinski definition) is 6. The van der Waals surface area contributed by atoms with Crippen LogP contribution >= 0.6 is 11.3 Å². The van der Waals surface area contributed by atoms with Gasteiger partial charge in [0.15, 0.2) is 0 Å². The molecule has 6 nitrogen and oxygen atoms in total. The highest BCUT2D eigenvalue weighted by Crippen LogP contribution is 2.34. The van der Waals surface area contributed by atoms with E-state index in [4.69, 9.17) is 0 Å². The van der Waals surface area contributed by atoms with Crippen LogP contribution in [-0.4, -0.2) is 38.7 Å². The van der Waals surface area contributed by atoms with Crippen LogP contribution in [-0.2, 0) is 0 Å². The van der Waals surface area contributed by atoms with Gasteiger partial charge in [-0.2, -0.15) is 0 Å². The number of aryl methyl sites for hydroxylation is 1. The summed E-state index contributed by atoms with van der Waals surface area (Å²) in [4.78, 5) is 19.1. The van der Waals surface area contributed by atoms with E-state index in [-0.39, 0.29) is 11.8 Å². The molecule has 1 fully saturated rings. The molecule has 0 atom stereocenters. The van der Waals surface area contributed by atoms with Crippen molar-refractivity contribution >= 4 is 22.9 Å². The summed E-state index contributed by atoms with van der Waals surface area (Å²) in [6.07, 6.45) is 9.02. The van der Waals surface area contributed by atoms with Gasteiger partial charge in [-0.25, -0.2) is 0 Å². The molecule has 0 saturated carbocycles. The van der Waals surface area contributed by atoms with Crippen molar-refractivity contribution in [3.8, 4) is 10.6 Å². The van der Waals surface area contributed by atoms with Crippen LogP contribution in [0.15, 0.2) is 43.0 Å². The van der Waals surface area contributed by atoms with Crippen LogP contribution in [0.1, 0.15) is 22.6 Å². The van der Waals surface area contributed by atoms with Crippen molar-refractivity contribution in [1.29, 1.82) is 0 Å². The third-order valence-corrected chi connectivity index (χ3v) is 5.47. The second-order valence-corrected chi connectivity index (χ2v) is 7.39. The fourth-order valence-electron chi connectivity index (χ4n) is 3.28. The standard InChI is InChI=1S/C18H19N5OS/c1-13-20-21-17(25-13)15-4-7-19-12-16(15)22-10-5-14(6-11-22)18(24)23-8-2-3-9-23/h2-4,7-9,12,14H,5-6,10-11H2,1H3. The Morgan fingerprint density at radius 2 is 1.96 bits per heavy atom. The summed E-state index contributed by atoms with van der Waals surface area (Å²) >= 11 is 1.59. The highest BCUT2D eigenvalue weighted by atomic mass is 32.1. The van der Waals surface area contributed by atoms with Gasteiger partial charge in [-0.3, -0.25) is 14.3 Å². The van der Waals surface area contributed by atoms with Gasteiger partial charge in [0.2, 0.25) is 5.91 Å². The van der Waals surface area contributed by atoms with Crippen LogP contribution < -0.4 is 4.90 Å². The Morgan fingerprint density at radius 1 is 1.20 bits per heavy atom. The largest absolute Gasteiger partial charge is 0.370 e. The number of carbonyl (C=O) groups excluding carboxylic acids is 1. The summed E-state index contributed by atoms with van der Waals surface area (Å²) in [5.74, 6) is 0.267. The monoisotopic (exact) mass is 353 g/mol. The topological polar surface area (TPSA) is 63.9 Å². The maximum Gasteiger partial charge on any atom is 0.233 e. The lowest BCUT2D eigenvalue weighted by molar-refractivity contribution is 0.0813. The molecule has 4 heterocycles. The second kappa shape index (κ2) is 6.76. The number of nitrogens with zero attached hydrogens (tertiary/aromatic N) is 5. The first-order valence-corrected chi connectivity index (χ1v) is 9.20. The molecule has 25 heavy (non-hydrogen) atoms. The normalized spacial score (nSPS) is 15.5. The molecule has 3 aromatic rings. The lowest BCUT2D eigenvalue weighted by Crippen LogP contribution is -2.37. The van der Waals surface area contributed by atoms with Gasteiger partial charge in [-0.05, 0) is 38.0 Å². The molecule has 0 radical (unpaired) electrons. The number of aromatic nitrogens is 4. The third kappa shape index (κ3) is 3.19. The lowest BCUT2D eigenvalue weighted by atomic mass is 9.95. The van der Waals surface area contributed by atoms with Crippen molar-refractivity contribution in [2.45, 2.75) is 19.8 Å². The van der Waals surface area contributed by atoms with Crippen molar-refractivity contribution in [3.63, 3.8) is 0 Å². The second-order valence-electron chi connectivity index (χ2n) is 6.21. The number of rotatable bonds is 3. The average molecular weight is 353 g/mol. The first-order chi connectivity index (χ1) is 12.2. The van der Waals surface area contributed by atoms with E-state index in [9.17, 15) is 4.79 Å². The van der Waals surface area contributed by atoms with Gasteiger partial charge in [-0.1, -0.05) is 11.3 Å². The molecule has 1 aliphatic rings. The Kier molecular flexibility index (Phi) is 4.31. The molecule has 4 rings (SSSR count). The van der Waals surface area contributed by atoms with E-state index in [0.29, 0.717) is 0 Å². The van der Waals surface area contributed by atoms with E-state index in [1.807, 2.05) is 43.7 Å². The number of piperidine rings is 1. The van der Waals surface area contributed by atoms with Crippen molar-refractivity contribution in [1.82, 2.24) is 19.7 Å². The molecule has 128 valence electrons. The molecule has 0 aromatic carbocycles. The average Bonchev–Trinajstić information content (AvgIpc) is 3.33. The molecule has 0 unspecified atom stereocenters. The predicted molar refractivity (Wildman–Crippen MR) is 97.9 cm³/mol. The van der Waals surface area contributed by atoms with E-state index in [1.54, 1.807) is 22.1 Å². The maximum absolute atomic E-state index is 12.5. The molecule has 0 N–H and O–H groups in total. The molecule has 7 heteroatoms. The highest BCUT2D eigenvalue weighted by Gasteiger charge is 2.27. The molecule has 0 amide bonds. The summed E-state index contributed by atoms with van der Waals surface area (Å²) in [6.45, 7) is 3.64. The van der Waals surface area contributed by atoms with Crippen LogP contribution in [0.25, 0.3) is 10.6 Å². The van der Waals surface area contributed by atoms with Crippen LogP contribution in [0.5, 0.6) is 0 Å². The SMILES string of the molecule is Cc1nnc(-c2ccncc2N2CCC(C(=O)n3cccc3)CC2)s1. The van der Waals surface area contributed by atoms with Gasteiger partial charge in [0.05, 0.1) is 11.9 Å². The van der Waals surface area contributed by atoms with E-state index in [0.717, 1.165) is 47.2 Å². The minimum absolute atomic E-state index is 0.0764. The van der Waals surface area contributed by atoms with Gasteiger partial charge < -0.3 is 4.90 Å². The summed E-state index contributed by atoms with van der Waals surface area (Å²) in [7, 11) is 0. The lowest BCUT2D eigenvalue weighted by Gasteiger charge is -2.33. The van der Waals surface area contributed by atoms with Crippen LogP contribution in [0.2, 0.25) is 0 Å². The van der Waals surface area contributed by atoms with Crippen molar-refractivity contribution in [2.24, 2.45) is 5.92 Å². The van der Waals surface area contributed by atoms with Gasteiger partial charge in [0.1, 0.15) is 10.0 Å². The third-order valence-electron chi connectivity index (χ3n) is 4.60. The molecule has 0 bridgehead atoms. The van der Waals surface area contributed by atoms with Crippen molar-refractivity contribution in [2.75, 3.05) is 18.0 Å². The molecule has 1 aliphatic heterocycles. The Hall–Kier alpha value is -2.54. The van der Waals surface area contributed by atoms with Gasteiger partial charge in [0, 0.05) is 43.2 Å². The number of anilines is 1. The van der Waals surface area contributed by atoms with E-state index in [2.05, 4.69) is 20.1 Å². The number of pyridine rings is 1. The first-order valence-electron chi connectivity index (χ1n) is 8.39. The van der Waals surface area contributed by atoms with Gasteiger partial charge in [0.25, 0.3) is 0 Å². The zero-order valence-electron chi connectivity index (χ0n) is 14.0. The molecule has 0 aliphatic carbocycles. The Bertz CT molecular complexity index is 865. The fraction of sp³-hybridized carbons (Fsp3) is 0.333. The quantitative estimate of drug-likeness (QED) is 0.723. The number of carbonyl (C=O) groups is 1. The molecular formula is C18H19N5OS. The first kappa shape index (κ1) is 16.0. The molecule has 0 spiro atoms. The summed E-state index contributed by atoms with van der Waals surface area (Å²) in [5.41, 5.74) is 2.14. The zero-order valence-corrected chi connectivity index (χ0v) is 14.8. The predicted octanol–water partition coefficient (Wildman–Crippen LogP) is 3.27. The Labute approximate surface area is 150 Å². The van der Waals surface area contributed by atoms with E-state index >= 15 is 0 Å². The van der Waals surface area contributed by atoms with E-state index < -0.39 is 0 Å². The van der Waals surface area contributed by atoms with E-state index in [1.165, 1.54) is 0 Å². The zero-order chi connectivity index (χ0) is 17.2. The molecule has 3 aromatic heterocycles. The summed E-state index contributed by atoms with van der Waals surface area (Å²) in [6, 6.07) is 5.77.